The van der Waals surface area contributed by atoms with Gasteiger partial charge in [-0.05, 0) is 68.9 Å². The second-order valence-corrected chi connectivity index (χ2v) is 13.0. The zero-order valence-corrected chi connectivity index (χ0v) is 24.4. The molecule has 7 nitrogen and oxygen atoms in total. The average Bonchev–Trinajstić information content (AvgIpc) is 3.28. The number of fused-ring (bicyclic) bond motifs is 1. The van der Waals surface area contributed by atoms with Crippen LogP contribution in [0.25, 0.3) is 10.9 Å². The molecule has 2 N–H and O–H groups in total. The van der Waals surface area contributed by atoms with Crippen LogP contribution >= 0.6 is 0 Å². The van der Waals surface area contributed by atoms with Crippen LogP contribution in [0.1, 0.15) is 82.1 Å². The van der Waals surface area contributed by atoms with E-state index in [0.29, 0.717) is 18.0 Å². The summed E-state index contributed by atoms with van der Waals surface area (Å²) < 4.78 is 3.30. The first-order valence-corrected chi connectivity index (χ1v) is 15.1. The lowest BCUT2D eigenvalue weighted by Crippen LogP contribution is -2.50. The molecule has 2 fully saturated rings. The second kappa shape index (κ2) is 13.0. The van der Waals surface area contributed by atoms with Gasteiger partial charge in [-0.25, -0.2) is 0 Å². The van der Waals surface area contributed by atoms with Crippen molar-refractivity contribution in [2.24, 2.45) is 17.8 Å². The van der Waals surface area contributed by atoms with Crippen molar-refractivity contribution in [2.45, 2.75) is 90.3 Å². The molecule has 3 atom stereocenters. The van der Waals surface area contributed by atoms with E-state index in [1.807, 2.05) is 32.0 Å². The van der Waals surface area contributed by atoms with Crippen molar-refractivity contribution in [1.82, 2.24) is 15.2 Å². The van der Waals surface area contributed by atoms with Crippen molar-refractivity contribution < 1.29 is 14.1 Å². The lowest BCUT2D eigenvalue weighted by molar-refractivity contribution is -0.896. The number of benzene rings is 1. The van der Waals surface area contributed by atoms with Crippen LogP contribution in [0.15, 0.2) is 30.3 Å². The highest BCUT2D eigenvalue weighted by Crippen LogP contribution is 2.28. The SMILES string of the molecule is CC(C)CC(C#N)NC(=O)C1CCCCC1NC(=O)c1cc2ccccc2n1CCCC1CC[N+](C)(C)CC1. The Morgan fingerprint density at radius 3 is 2.54 bits per heavy atom. The van der Waals surface area contributed by atoms with E-state index in [1.165, 1.54) is 32.4 Å². The van der Waals surface area contributed by atoms with E-state index in [4.69, 9.17) is 0 Å². The van der Waals surface area contributed by atoms with Crippen molar-refractivity contribution in [2.75, 3.05) is 27.2 Å². The Labute approximate surface area is 234 Å². The number of nitrogens with zero attached hydrogens (tertiary/aromatic N) is 3. The van der Waals surface area contributed by atoms with Crippen LogP contribution in [0.4, 0.5) is 0 Å². The van der Waals surface area contributed by atoms with Gasteiger partial charge in [-0.1, -0.05) is 44.9 Å². The number of piperidine rings is 1. The molecule has 3 unspecified atom stereocenters. The van der Waals surface area contributed by atoms with Gasteiger partial charge < -0.3 is 19.7 Å². The van der Waals surface area contributed by atoms with Gasteiger partial charge in [0, 0.05) is 23.5 Å². The number of aryl methyl sites for hydroxylation is 1. The third-order valence-electron chi connectivity index (χ3n) is 8.92. The normalized spacial score (nSPS) is 22.4. The number of hydrogen-bond donors (Lipinski definition) is 2. The lowest BCUT2D eigenvalue weighted by atomic mass is 9.83. The first-order valence-electron chi connectivity index (χ1n) is 15.1. The van der Waals surface area contributed by atoms with Crippen molar-refractivity contribution in [3.63, 3.8) is 0 Å². The quantitative estimate of drug-likeness (QED) is 0.408. The largest absolute Gasteiger partial charge is 0.347 e. The van der Waals surface area contributed by atoms with Gasteiger partial charge in [0.2, 0.25) is 5.91 Å². The molecule has 0 radical (unpaired) electrons. The van der Waals surface area contributed by atoms with Gasteiger partial charge >= 0.3 is 0 Å². The molecule has 2 aromatic rings. The van der Waals surface area contributed by atoms with Gasteiger partial charge in [-0.15, -0.1) is 0 Å². The van der Waals surface area contributed by atoms with Gasteiger partial charge in [-0.3, -0.25) is 9.59 Å². The van der Waals surface area contributed by atoms with Crippen molar-refractivity contribution in [3.05, 3.63) is 36.0 Å². The maximum Gasteiger partial charge on any atom is 0.268 e. The standard InChI is InChI=1S/C32H47N5O2/c1-23(2)20-26(22-33)34-31(38)27-12-6-7-13-28(27)35-32(39)30-21-25-11-5-8-14-29(25)36(30)17-9-10-24-15-18-37(3,4)19-16-24/h5,8,11,14,21,23-24,26-28H,6-7,9-10,12-13,15-20H2,1-4H3,(H-,34,35,38,39)/p+1. The number of likely N-dealkylation sites (tertiary alicyclic amines) is 1. The number of quaternary nitrogens is 1. The molecule has 4 rings (SSSR count). The molecule has 1 aliphatic carbocycles. The van der Waals surface area contributed by atoms with E-state index in [9.17, 15) is 14.9 Å². The molecule has 1 aliphatic heterocycles. The third kappa shape index (κ3) is 7.63. The molecule has 1 aromatic heterocycles. The molecule has 2 amide bonds. The van der Waals surface area contributed by atoms with Crippen LogP contribution in [0, 0.1) is 29.1 Å². The Bertz CT molecular complexity index is 1170. The van der Waals surface area contributed by atoms with Crippen LogP contribution < -0.4 is 10.6 Å². The zero-order valence-electron chi connectivity index (χ0n) is 24.4. The van der Waals surface area contributed by atoms with Crippen LogP contribution in [0.3, 0.4) is 0 Å². The second-order valence-electron chi connectivity index (χ2n) is 13.0. The molecular formula is C32H48N5O2+. The summed E-state index contributed by atoms with van der Waals surface area (Å²) in [6.07, 6.45) is 8.89. The minimum atomic E-state index is -0.493. The predicted octanol–water partition coefficient (Wildman–Crippen LogP) is 5.25. The van der Waals surface area contributed by atoms with Gasteiger partial charge in [-0.2, -0.15) is 5.26 Å². The smallest absolute Gasteiger partial charge is 0.268 e. The minimum Gasteiger partial charge on any atom is -0.347 e. The van der Waals surface area contributed by atoms with E-state index in [1.54, 1.807) is 0 Å². The summed E-state index contributed by atoms with van der Waals surface area (Å²) >= 11 is 0. The average molecular weight is 535 g/mol. The fourth-order valence-corrected chi connectivity index (χ4v) is 6.54. The summed E-state index contributed by atoms with van der Waals surface area (Å²) in [5.74, 6) is 0.568. The summed E-state index contributed by atoms with van der Waals surface area (Å²) in [5.41, 5.74) is 1.77. The maximum absolute atomic E-state index is 13.7. The Morgan fingerprint density at radius 2 is 1.82 bits per heavy atom. The summed E-state index contributed by atoms with van der Waals surface area (Å²) in [4.78, 5) is 26.9. The lowest BCUT2D eigenvalue weighted by Gasteiger charge is -2.37. The highest BCUT2D eigenvalue weighted by molar-refractivity contribution is 5.99. The number of nitriles is 1. The number of para-hydroxylation sites is 1. The summed E-state index contributed by atoms with van der Waals surface area (Å²) in [6.45, 7) is 7.41. The molecule has 2 heterocycles. The van der Waals surface area contributed by atoms with E-state index in [0.717, 1.165) is 60.0 Å². The zero-order chi connectivity index (χ0) is 28.0. The van der Waals surface area contributed by atoms with Gasteiger partial charge in [0.1, 0.15) is 11.7 Å². The van der Waals surface area contributed by atoms with E-state index in [2.05, 4.69) is 47.5 Å². The first kappa shape index (κ1) is 29.1. The molecule has 1 saturated heterocycles. The molecule has 212 valence electrons. The molecular weight excluding hydrogens is 486 g/mol. The van der Waals surface area contributed by atoms with E-state index >= 15 is 0 Å². The van der Waals surface area contributed by atoms with Gasteiger partial charge in [0.25, 0.3) is 5.91 Å². The highest BCUT2D eigenvalue weighted by atomic mass is 16.2. The number of nitrogens with one attached hydrogen (secondary N) is 2. The number of carbonyl (C=O) groups excluding carboxylic acids is 2. The Balaban J connectivity index is 1.44. The molecule has 39 heavy (non-hydrogen) atoms. The van der Waals surface area contributed by atoms with Crippen molar-refractivity contribution in [1.29, 1.82) is 5.26 Å². The van der Waals surface area contributed by atoms with Crippen LogP contribution in [-0.4, -0.2) is 60.1 Å². The van der Waals surface area contributed by atoms with E-state index < -0.39 is 6.04 Å². The molecule has 0 bridgehead atoms. The fourth-order valence-electron chi connectivity index (χ4n) is 6.54. The fraction of sp³-hybridized carbons (Fsp3) is 0.656. The molecule has 0 spiro atoms. The highest BCUT2D eigenvalue weighted by Gasteiger charge is 2.34. The monoisotopic (exact) mass is 534 g/mol. The Hall–Kier alpha value is -2.85. The maximum atomic E-state index is 13.7. The number of hydrogen-bond acceptors (Lipinski definition) is 3. The first-order chi connectivity index (χ1) is 18.7. The van der Waals surface area contributed by atoms with Gasteiger partial charge in [0.15, 0.2) is 0 Å². The Kier molecular flexibility index (Phi) is 9.71. The van der Waals surface area contributed by atoms with Crippen LogP contribution in [0.5, 0.6) is 0 Å². The minimum absolute atomic E-state index is 0.105. The van der Waals surface area contributed by atoms with Gasteiger partial charge in [0.05, 0.1) is 39.2 Å². The summed E-state index contributed by atoms with van der Waals surface area (Å²) in [6, 6.07) is 11.7. The molecule has 1 aromatic carbocycles. The molecule has 1 saturated carbocycles. The third-order valence-corrected chi connectivity index (χ3v) is 8.92. The summed E-state index contributed by atoms with van der Waals surface area (Å²) in [7, 11) is 4.64. The van der Waals surface area contributed by atoms with Crippen LogP contribution in [0.2, 0.25) is 0 Å². The predicted molar refractivity (Wildman–Crippen MR) is 156 cm³/mol. The van der Waals surface area contributed by atoms with Crippen LogP contribution in [-0.2, 0) is 11.3 Å². The molecule has 2 aliphatic rings. The number of carbonyl (C=O) groups is 2. The Morgan fingerprint density at radius 1 is 1.10 bits per heavy atom. The van der Waals surface area contributed by atoms with Crippen molar-refractivity contribution in [3.8, 4) is 6.07 Å². The molecule has 7 heteroatoms. The number of rotatable bonds is 10. The number of aromatic nitrogens is 1. The number of amides is 2. The topological polar surface area (TPSA) is 86.9 Å². The summed E-state index contributed by atoms with van der Waals surface area (Å²) in [5, 5.41) is 16.8. The van der Waals surface area contributed by atoms with E-state index in [-0.39, 0.29) is 23.8 Å². The van der Waals surface area contributed by atoms with Crippen molar-refractivity contribution >= 4 is 22.7 Å².